The van der Waals surface area contributed by atoms with Crippen LogP contribution in [0, 0.1) is 16.7 Å². The lowest BCUT2D eigenvalue weighted by Crippen LogP contribution is -2.53. The molecule has 84 valence electrons. The molecule has 1 fully saturated rings. The molecule has 0 unspecified atom stereocenters. The molecule has 5 heteroatoms. The number of nitrogens with one attached hydrogen (secondary N) is 1. The number of carbonyl (C=O) groups excluding carboxylic acids is 1. The minimum absolute atomic E-state index is 0.171. The molecule has 0 saturated carbocycles. The van der Waals surface area contributed by atoms with Crippen LogP contribution in [0.2, 0.25) is 0 Å². The number of aromatic nitrogens is 1. The van der Waals surface area contributed by atoms with Crippen molar-refractivity contribution in [2.45, 2.75) is 6.54 Å². The first-order chi connectivity index (χ1) is 7.68. The Kier molecular flexibility index (Phi) is 2.67. The SMILES string of the molecule is CN(Cc1ccc[nH]1)C(=O)C1(C#N)COC1. The van der Waals surface area contributed by atoms with Gasteiger partial charge in [-0.25, -0.2) is 0 Å². The van der Waals surface area contributed by atoms with Gasteiger partial charge < -0.3 is 14.6 Å². The molecular weight excluding hydrogens is 206 g/mol. The highest BCUT2D eigenvalue weighted by Crippen LogP contribution is 2.28. The van der Waals surface area contributed by atoms with E-state index in [2.05, 4.69) is 4.98 Å². The van der Waals surface area contributed by atoms with Crippen LogP contribution in [0.15, 0.2) is 18.3 Å². The number of nitriles is 1. The highest BCUT2D eigenvalue weighted by atomic mass is 16.5. The van der Waals surface area contributed by atoms with E-state index in [0.717, 1.165) is 5.69 Å². The molecule has 0 aromatic carbocycles. The summed E-state index contributed by atoms with van der Waals surface area (Å²) >= 11 is 0. The Morgan fingerprint density at radius 2 is 2.50 bits per heavy atom. The summed E-state index contributed by atoms with van der Waals surface area (Å²) in [6.07, 6.45) is 1.81. The molecule has 1 N–H and O–H groups in total. The van der Waals surface area contributed by atoms with Gasteiger partial charge in [-0.15, -0.1) is 0 Å². The van der Waals surface area contributed by atoms with Gasteiger partial charge in [0.05, 0.1) is 25.8 Å². The fourth-order valence-corrected chi connectivity index (χ4v) is 1.70. The Morgan fingerprint density at radius 1 is 1.75 bits per heavy atom. The van der Waals surface area contributed by atoms with E-state index in [9.17, 15) is 4.79 Å². The number of carbonyl (C=O) groups is 1. The number of hydrogen-bond acceptors (Lipinski definition) is 3. The van der Waals surface area contributed by atoms with Crippen LogP contribution in [0.3, 0.4) is 0 Å². The average molecular weight is 219 g/mol. The lowest BCUT2D eigenvalue weighted by Gasteiger charge is -2.36. The molecule has 1 amide bonds. The molecule has 0 radical (unpaired) electrons. The van der Waals surface area contributed by atoms with E-state index in [1.54, 1.807) is 18.1 Å². The monoisotopic (exact) mass is 219 g/mol. The molecule has 5 nitrogen and oxygen atoms in total. The third-order valence-electron chi connectivity index (χ3n) is 2.74. The Labute approximate surface area is 93.6 Å². The van der Waals surface area contributed by atoms with Crippen LogP contribution in [-0.4, -0.2) is 36.1 Å². The van der Waals surface area contributed by atoms with E-state index in [-0.39, 0.29) is 19.1 Å². The first-order valence-corrected chi connectivity index (χ1v) is 5.05. The second kappa shape index (κ2) is 3.99. The Balaban J connectivity index is 2.02. The molecule has 1 aliphatic rings. The zero-order chi connectivity index (χ0) is 11.6. The molecule has 1 aromatic heterocycles. The van der Waals surface area contributed by atoms with Crippen molar-refractivity contribution in [2.75, 3.05) is 20.3 Å². The van der Waals surface area contributed by atoms with Crippen molar-refractivity contribution >= 4 is 5.91 Å². The maximum Gasteiger partial charge on any atom is 0.247 e. The fraction of sp³-hybridized carbons (Fsp3) is 0.455. The van der Waals surface area contributed by atoms with E-state index >= 15 is 0 Å². The summed E-state index contributed by atoms with van der Waals surface area (Å²) in [6, 6.07) is 5.83. The number of hydrogen-bond donors (Lipinski definition) is 1. The summed E-state index contributed by atoms with van der Waals surface area (Å²) in [5, 5.41) is 9.00. The lowest BCUT2D eigenvalue weighted by atomic mass is 9.86. The van der Waals surface area contributed by atoms with Gasteiger partial charge in [0.15, 0.2) is 5.41 Å². The predicted molar refractivity (Wildman–Crippen MR) is 56.1 cm³/mol. The Hall–Kier alpha value is -1.80. The number of H-pyrrole nitrogens is 1. The van der Waals surface area contributed by atoms with E-state index < -0.39 is 5.41 Å². The molecule has 0 spiro atoms. The van der Waals surface area contributed by atoms with Gasteiger partial charge in [-0.3, -0.25) is 4.79 Å². The predicted octanol–water partition coefficient (Wildman–Crippen LogP) is 0.513. The molecule has 16 heavy (non-hydrogen) atoms. The molecule has 2 rings (SSSR count). The highest BCUT2D eigenvalue weighted by Gasteiger charge is 2.48. The maximum absolute atomic E-state index is 12.0. The quantitative estimate of drug-likeness (QED) is 0.805. The van der Waals surface area contributed by atoms with E-state index in [0.29, 0.717) is 6.54 Å². The van der Waals surface area contributed by atoms with Crippen LogP contribution in [-0.2, 0) is 16.1 Å². The summed E-state index contributed by atoms with van der Waals surface area (Å²) < 4.78 is 4.96. The summed E-state index contributed by atoms with van der Waals surface area (Å²) in [5.74, 6) is -0.171. The van der Waals surface area contributed by atoms with Crippen molar-refractivity contribution in [3.8, 4) is 6.07 Å². The van der Waals surface area contributed by atoms with Crippen LogP contribution in [0.4, 0.5) is 0 Å². The first-order valence-electron chi connectivity index (χ1n) is 5.05. The molecule has 1 aliphatic heterocycles. The normalized spacial score (nSPS) is 17.2. The van der Waals surface area contributed by atoms with E-state index in [1.165, 1.54) is 0 Å². The van der Waals surface area contributed by atoms with Crippen LogP contribution in [0.5, 0.6) is 0 Å². The Morgan fingerprint density at radius 3 is 2.94 bits per heavy atom. The molecule has 0 bridgehead atoms. The number of ether oxygens (including phenoxy) is 1. The van der Waals surface area contributed by atoms with Crippen molar-refractivity contribution in [1.29, 1.82) is 5.26 Å². The Bertz CT molecular complexity index is 415. The topological polar surface area (TPSA) is 69.1 Å². The molecular formula is C11H13N3O2. The highest BCUT2D eigenvalue weighted by molar-refractivity contribution is 5.86. The van der Waals surface area contributed by atoms with Gasteiger partial charge >= 0.3 is 0 Å². The summed E-state index contributed by atoms with van der Waals surface area (Å²) in [6.45, 7) is 0.893. The molecule has 0 atom stereocenters. The summed E-state index contributed by atoms with van der Waals surface area (Å²) in [4.78, 5) is 16.6. The third kappa shape index (κ3) is 1.68. The van der Waals surface area contributed by atoms with Crippen molar-refractivity contribution in [2.24, 2.45) is 5.41 Å². The summed E-state index contributed by atoms with van der Waals surface area (Å²) in [5.41, 5.74) is -0.00868. The number of nitrogens with zero attached hydrogens (tertiary/aromatic N) is 2. The van der Waals surface area contributed by atoms with Gasteiger partial charge in [0.25, 0.3) is 0 Å². The molecule has 0 aliphatic carbocycles. The van der Waals surface area contributed by atoms with Gasteiger partial charge in [0, 0.05) is 18.9 Å². The standard InChI is InChI=1S/C11H13N3O2/c1-14(5-9-3-2-4-13-9)10(15)11(6-12)7-16-8-11/h2-4,13H,5,7-8H2,1H3. The van der Waals surface area contributed by atoms with E-state index in [4.69, 9.17) is 10.00 Å². The first kappa shape index (κ1) is 10.7. The van der Waals surface area contributed by atoms with Crippen molar-refractivity contribution in [3.63, 3.8) is 0 Å². The van der Waals surface area contributed by atoms with Crippen LogP contribution in [0.25, 0.3) is 0 Å². The fourth-order valence-electron chi connectivity index (χ4n) is 1.70. The number of amides is 1. The maximum atomic E-state index is 12.0. The largest absolute Gasteiger partial charge is 0.377 e. The zero-order valence-electron chi connectivity index (χ0n) is 9.06. The minimum atomic E-state index is -0.957. The summed E-state index contributed by atoms with van der Waals surface area (Å²) in [7, 11) is 1.70. The molecule has 1 aromatic rings. The van der Waals surface area contributed by atoms with Gasteiger partial charge in [-0.05, 0) is 12.1 Å². The van der Waals surface area contributed by atoms with Gasteiger partial charge in [0.1, 0.15) is 0 Å². The third-order valence-corrected chi connectivity index (χ3v) is 2.74. The van der Waals surface area contributed by atoms with Crippen LogP contribution >= 0.6 is 0 Å². The molecule has 2 heterocycles. The van der Waals surface area contributed by atoms with Gasteiger partial charge in [-0.1, -0.05) is 0 Å². The minimum Gasteiger partial charge on any atom is -0.377 e. The number of aromatic amines is 1. The van der Waals surface area contributed by atoms with Crippen LogP contribution in [0.1, 0.15) is 5.69 Å². The molecule has 1 saturated heterocycles. The number of rotatable bonds is 3. The zero-order valence-corrected chi connectivity index (χ0v) is 9.06. The van der Waals surface area contributed by atoms with Gasteiger partial charge in [0.2, 0.25) is 5.91 Å². The average Bonchev–Trinajstić information content (AvgIpc) is 2.69. The lowest BCUT2D eigenvalue weighted by molar-refractivity contribution is -0.160. The second-order valence-corrected chi connectivity index (χ2v) is 4.04. The van der Waals surface area contributed by atoms with Crippen molar-refractivity contribution in [1.82, 2.24) is 9.88 Å². The van der Waals surface area contributed by atoms with Crippen LogP contribution < -0.4 is 0 Å². The second-order valence-electron chi connectivity index (χ2n) is 4.04. The smallest absolute Gasteiger partial charge is 0.247 e. The van der Waals surface area contributed by atoms with Crippen molar-refractivity contribution in [3.05, 3.63) is 24.0 Å². The van der Waals surface area contributed by atoms with Gasteiger partial charge in [-0.2, -0.15) is 5.26 Å². The van der Waals surface area contributed by atoms with E-state index in [1.807, 2.05) is 18.2 Å². The van der Waals surface area contributed by atoms with Crippen molar-refractivity contribution < 1.29 is 9.53 Å².